The monoisotopic (exact) mass is 317 g/mol. The first-order valence-electron chi connectivity index (χ1n) is 5.53. The fraction of sp³-hybridized carbons (Fsp3) is 0.417. The maximum atomic E-state index is 13.6. The Bertz CT molecular complexity index is 455. The summed E-state index contributed by atoms with van der Waals surface area (Å²) in [5, 5.41) is 2.98. The summed E-state index contributed by atoms with van der Waals surface area (Å²) in [7, 11) is 1.34. The molecule has 0 aliphatic carbocycles. The Morgan fingerprint density at radius 1 is 1.56 bits per heavy atom. The van der Waals surface area contributed by atoms with Gasteiger partial charge in [-0.1, -0.05) is 15.9 Å². The third kappa shape index (κ3) is 3.00. The summed E-state index contributed by atoms with van der Waals surface area (Å²) in [6, 6.07) is 4.23. The van der Waals surface area contributed by atoms with Crippen molar-refractivity contribution in [2.75, 3.05) is 13.7 Å². The minimum absolute atomic E-state index is 0.190. The van der Waals surface area contributed by atoms with E-state index in [1.165, 1.54) is 13.2 Å². The summed E-state index contributed by atoms with van der Waals surface area (Å²) in [5.41, 5.74) is 0. The van der Waals surface area contributed by atoms with E-state index < -0.39 is 5.82 Å². The van der Waals surface area contributed by atoms with Crippen molar-refractivity contribution in [3.05, 3.63) is 28.5 Å². The summed E-state index contributed by atoms with van der Waals surface area (Å²) < 4.78 is 24.4. The fourth-order valence-electron chi connectivity index (χ4n) is 1.87. The summed E-state index contributed by atoms with van der Waals surface area (Å²) in [5.74, 6) is -0.557. The van der Waals surface area contributed by atoms with Crippen LogP contribution >= 0.6 is 15.9 Å². The largest absolute Gasteiger partial charge is 0.486 e. The number of hydrogen-bond acceptors (Lipinski definition) is 4. The minimum Gasteiger partial charge on any atom is -0.486 e. The van der Waals surface area contributed by atoms with Crippen LogP contribution in [0.1, 0.15) is 6.42 Å². The Labute approximate surface area is 113 Å². The van der Waals surface area contributed by atoms with Crippen molar-refractivity contribution in [1.29, 1.82) is 0 Å². The standard InChI is InChI=1S/C12H13BrFNO3/c1-17-12(16)10-5-8(6-15-10)18-11-3-2-7(13)4-9(11)14/h2-4,8,10,15H,5-6H2,1H3/t8-,10+/m1/s1. The van der Waals surface area contributed by atoms with Gasteiger partial charge in [-0.15, -0.1) is 0 Å². The van der Waals surface area contributed by atoms with Crippen molar-refractivity contribution < 1.29 is 18.7 Å². The second-order valence-corrected chi connectivity index (χ2v) is 4.95. The Morgan fingerprint density at radius 2 is 2.33 bits per heavy atom. The van der Waals surface area contributed by atoms with Crippen molar-refractivity contribution >= 4 is 21.9 Å². The molecule has 2 rings (SSSR count). The quantitative estimate of drug-likeness (QED) is 0.865. The molecule has 4 nitrogen and oxygen atoms in total. The molecule has 0 saturated carbocycles. The molecule has 0 radical (unpaired) electrons. The van der Waals surface area contributed by atoms with Gasteiger partial charge in [0.05, 0.1) is 7.11 Å². The van der Waals surface area contributed by atoms with Gasteiger partial charge in [0.1, 0.15) is 12.1 Å². The van der Waals surface area contributed by atoms with Gasteiger partial charge in [-0.05, 0) is 18.2 Å². The van der Waals surface area contributed by atoms with Crippen molar-refractivity contribution in [3.63, 3.8) is 0 Å². The number of carbonyl (C=O) groups excluding carboxylic acids is 1. The molecule has 98 valence electrons. The highest BCUT2D eigenvalue weighted by Crippen LogP contribution is 2.24. The van der Waals surface area contributed by atoms with Crippen LogP contribution in [-0.2, 0) is 9.53 Å². The molecule has 1 aliphatic rings. The Balaban J connectivity index is 1.97. The van der Waals surface area contributed by atoms with Crippen LogP contribution < -0.4 is 10.1 Å². The third-order valence-corrected chi connectivity index (χ3v) is 3.26. The molecule has 6 heteroatoms. The lowest BCUT2D eigenvalue weighted by Crippen LogP contribution is -2.31. The molecule has 1 aliphatic heterocycles. The van der Waals surface area contributed by atoms with Gasteiger partial charge in [0.25, 0.3) is 0 Å². The number of rotatable bonds is 3. The molecule has 18 heavy (non-hydrogen) atoms. The van der Waals surface area contributed by atoms with Gasteiger partial charge in [0.2, 0.25) is 0 Å². The molecule has 1 fully saturated rings. The first-order chi connectivity index (χ1) is 8.60. The summed E-state index contributed by atoms with van der Waals surface area (Å²) in [6.07, 6.45) is 0.243. The van der Waals surface area contributed by atoms with E-state index in [4.69, 9.17) is 4.74 Å². The number of esters is 1. The smallest absolute Gasteiger partial charge is 0.323 e. The maximum Gasteiger partial charge on any atom is 0.323 e. The van der Waals surface area contributed by atoms with E-state index in [0.717, 1.165) is 0 Å². The molecular weight excluding hydrogens is 305 g/mol. The van der Waals surface area contributed by atoms with Gasteiger partial charge in [-0.2, -0.15) is 0 Å². The molecule has 1 aromatic carbocycles. The van der Waals surface area contributed by atoms with Crippen LogP contribution in [0.15, 0.2) is 22.7 Å². The lowest BCUT2D eigenvalue weighted by molar-refractivity contribution is -0.142. The Hall–Kier alpha value is -1.14. The van der Waals surface area contributed by atoms with E-state index in [0.29, 0.717) is 17.4 Å². The molecule has 1 N–H and O–H groups in total. The summed E-state index contributed by atoms with van der Waals surface area (Å²) in [6.45, 7) is 0.495. The number of carbonyl (C=O) groups is 1. The molecule has 2 atom stereocenters. The van der Waals surface area contributed by atoms with E-state index in [2.05, 4.69) is 26.0 Å². The van der Waals surface area contributed by atoms with Crippen molar-refractivity contribution in [1.82, 2.24) is 5.32 Å². The zero-order valence-electron chi connectivity index (χ0n) is 9.78. The van der Waals surface area contributed by atoms with Gasteiger partial charge in [-0.3, -0.25) is 4.79 Å². The SMILES string of the molecule is COC(=O)[C@@H]1C[C@@H](Oc2ccc(Br)cc2F)CN1. The molecule has 1 heterocycles. The summed E-state index contributed by atoms with van der Waals surface area (Å²) >= 11 is 3.18. The second-order valence-electron chi connectivity index (χ2n) is 4.03. The average Bonchev–Trinajstić information content (AvgIpc) is 2.80. The summed E-state index contributed by atoms with van der Waals surface area (Å²) in [4.78, 5) is 11.3. The minimum atomic E-state index is -0.425. The Kier molecular flexibility index (Phi) is 4.19. The molecular formula is C12H13BrFNO3. The lowest BCUT2D eigenvalue weighted by Gasteiger charge is -2.13. The van der Waals surface area contributed by atoms with Gasteiger partial charge < -0.3 is 14.8 Å². The molecule has 0 spiro atoms. The number of ether oxygens (including phenoxy) is 2. The van der Waals surface area contributed by atoms with Gasteiger partial charge in [0.15, 0.2) is 11.6 Å². The lowest BCUT2D eigenvalue weighted by atomic mass is 10.2. The van der Waals surface area contributed by atoms with Crippen LogP contribution in [0.4, 0.5) is 4.39 Å². The van der Waals surface area contributed by atoms with Crippen LogP contribution in [0.25, 0.3) is 0 Å². The van der Waals surface area contributed by atoms with E-state index in [1.807, 2.05) is 0 Å². The number of halogens is 2. The molecule has 1 saturated heterocycles. The molecule has 0 unspecified atom stereocenters. The van der Waals surface area contributed by atoms with Crippen molar-refractivity contribution in [2.24, 2.45) is 0 Å². The fourth-order valence-corrected chi connectivity index (χ4v) is 2.20. The van der Waals surface area contributed by atoms with Crippen LogP contribution in [0.3, 0.4) is 0 Å². The van der Waals surface area contributed by atoms with Gasteiger partial charge in [0, 0.05) is 17.4 Å². The number of nitrogens with one attached hydrogen (secondary N) is 1. The predicted octanol–water partition coefficient (Wildman–Crippen LogP) is 1.87. The van der Waals surface area contributed by atoms with Gasteiger partial charge in [-0.25, -0.2) is 4.39 Å². The predicted molar refractivity (Wildman–Crippen MR) is 66.9 cm³/mol. The maximum absolute atomic E-state index is 13.6. The molecule has 0 aromatic heterocycles. The van der Waals surface area contributed by atoms with E-state index in [1.54, 1.807) is 12.1 Å². The number of benzene rings is 1. The second kappa shape index (κ2) is 5.67. The van der Waals surface area contributed by atoms with Crippen LogP contribution in [0.2, 0.25) is 0 Å². The van der Waals surface area contributed by atoms with E-state index in [9.17, 15) is 9.18 Å². The highest BCUT2D eigenvalue weighted by Gasteiger charge is 2.31. The number of methoxy groups -OCH3 is 1. The van der Waals surface area contributed by atoms with E-state index >= 15 is 0 Å². The van der Waals surface area contributed by atoms with Crippen molar-refractivity contribution in [2.45, 2.75) is 18.6 Å². The zero-order valence-corrected chi connectivity index (χ0v) is 11.4. The highest BCUT2D eigenvalue weighted by atomic mass is 79.9. The van der Waals surface area contributed by atoms with Crippen LogP contribution in [0, 0.1) is 5.82 Å². The normalized spacial score (nSPS) is 22.8. The average molecular weight is 318 g/mol. The molecule has 1 aromatic rings. The molecule has 0 bridgehead atoms. The van der Waals surface area contributed by atoms with E-state index in [-0.39, 0.29) is 23.9 Å². The van der Waals surface area contributed by atoms with Gasteiger partial charge >= 0.3 is 5.97 Å². The first-order valence-corrected chi connectivity index (χ1v) is 6.32. The number of hydrogen-bond donors (Lipinski definition) is 1. The third-order valence-electron chi connectivity index (χ3n) is 2.76. The zero-order chi connectivity index (χ0) is 13.1. The Morgan fingerprint density at radius 3 is 3.00 bits per heavy atom. The van der Waals surface area contributed by atoms with Crippen LogP contribution in [-0.4, -0.2) is 31.8 Å². The van der Waals surface area contributed by atoms with Crippen molar-refractivity contribution in [3.8, 4) is 5.75 Å². The molecule has 0 amide bonds. The van der Waals surface area contributed by atoms with Crippen LogP contribution in [0.5, 0.6) is 5.75 Å². The highest BCUT2D eigenvalue weighted by molar-refractivity contribution is 9.10. The topological polar surface area (TPSA) is 47.6 Å². The first kappa shape index (κ1) is 13.3.